The highest BCUT2D eigenvalue weighted by Gasteiger charge is 2.25. The molecule has 0 radical (unpaired) electrons. The molecule has 6 heteroatoms. The number of aliphatic carboxylic acids is 2. The van der Waals surface area contributed by atoms with Gasteiger partial charge in [0.2, 0.25) is 0 Å². The molecule has 2 rings (SSSR count). The van der Waals surface area contributed by atoms with Gasteiger partial charge in [0.25, 0.3) is 0 Å². The predicted molar refractivity (Wildman–Crippen MR) is 52.7 cm³/mol. The molecule has 0 amide bonds. The van der Waals surface area contributed by atoms with Crippen LogP contribution in [0.25, 0.3) is 0 Å². The van der Waals surface area contributed by atoms with Crippen LogP contribution in [0.1, 0.15) is 12.8 Å². The average molecular weight is 216 g/mol. The van der Waals surface area contributed by atoms with Crippen LogP contribution in [0.3, 0.4) is 0 Å². The van der Waals surface area contributed by atoms with Gasteiger partial charge in [0.15, 0.2) is 0 Å². The average Bonchev–Trinajstić information content (AvgIpc) is 2.66. The lowest BCUT2D eigenvalue weighted by Crippen LogP contribution is -2.47. The lowest BCUT2D eigenvalue weighted by Gasteiger charge is -2.29. The van der Waals surface area contributed by atoms with Gasteiger partial charge in [0.05, 0.1) is 0 Å². The van der Waals surface area contributed by atoms with Crippen LogP contribution in [0, 0.1) is 0 Å². The summed E-state index contributed by atoms with van der Waals surface area (Å²) in [5, 5.41) is 18.2. The summed E-state index contributed by atoms with van der Waals surface area (Å²) in [7, 11) is 0. The second-order valence-electron chi connectivity index (χ2n) is 3.65. The standard InChI is InChI=1S/C7H14N2.C2H2O4/c1-2-7-6-8-3-5-9(7)4-1;3-1(4)2(5)6/h7-8H,1-6H2;(H,3,4)(H,5,6)/t7-;/m0./s1. The molecular formula is C9H16N2O4. The van der Waals surface area contributed by atoms with Crippen molar-refractivity contribution >= 4 is 11.9 Å². The number of nitrogens with zero attached hydrogens (tertiary/aromatic N) is 1. The van der Waals surface area contributed by atoms with Gasteiger partial charge in [0, 0.05) is 25.7 Å². The zero-order valence-electron chi connectivity index (χ0n) is 8.48. The van der Waals surface area contributed by atoms with Gasteiger partial charge in [-0.1, -0.05) is 0 Å². The first-order valence-electron chi connectivity index (χ1n) is 5.02. The van der Waals surface area contributed by atoms with Gasteiger partial charge in [-0.25, -0.2) is 9.59 Å². The van der Waals surface area contributed by atoms with Gasteiger partial charge in [-0.2, -0.15) is 0 Å². The Balaban J connectivity index is 0.000000167. The second-order valence-corrected chi connectivity index (χ2v) is 3.65. The van der Waals surface area contributed by atoms with Crippen LogP contribution in [-0.4, -0.2) is 59.3 Å². The third-order valence-corrected chi connectivity index (χ3v) is 2.64. The number of carboxylic acid groups (broad SMARTS) is 2. The molecule has 2 saturated heterocycles. The molecule has 0 bridgehead atoms. The Morgan fingerprint density at radius 1 is 1.20 bits per heavy atom. The van der Waals surface area contributed by atoms with E-state index in [0.29, 0.717) is 0 Å². The van der Waals surface area contributed by atoms with Gasteiger partial charge in [0.1, 0.15) is 0 Å². The van der Waals surface area contributed by atoms with Crippen molar-refractivity contribution in [2.45, 2.75) is 18.9 Å². The van der Waals surface area contributed by atoms with Crippen molar-refractivity contribution in [1.82, 2.24) is 10.2 Å². The van der Waals surface area contributed by atoms with Crippen molar-refractivity contribution in [1.29, 1.82) is 0 Å². The molecule has 0 aromatic heterocycles. The summed E-state index contributed by atoms with van der Waals surface area (Å²) in [6, 6.07) is 0.888. The normalized spacial score (nSPS) is 24.9. The molecule has 15 heavy (non-hydrogen) atoms. The summed E-state index contributed by atoms with van der Waals surface area (Å²) >= 11 is 0. The summed E-state index contributed by atoms with van der Waals surface area (Å²) in [4.78, 5) is 20.8. The van der Waals surface area contributed by atoms with Crippen molar-refractivity contribution in [3.8, 4) is 0 Å². The van der Waals surface area contributed by atoms with E-state index in [9.17, 15) is 0 Å². The van der Waals surface area contributed by atoms with E-state index in [1.165, 1.54) is 39.0 Å². The van der Waals surface area contributed by atoms with Crippen LogP contribution in [0.4, 0.5) is 0 Å². The van der Waals surface area contributed by atoms with Crippen LogP contribution in [0.15, 0.2) is 0 Å². The van der Waals surface area contributed by atoms with E-state index in [2.05, 4.69) is 10.2 Å². The first-order valence-corrected chi connectivity index (χ1v) is 5.02. The van der Waals surface area contributed by atoms with Crippen molar-refractivity contribution in [3.63, 3.8) is 0 Å². The molecule has 0 aromatic rings. The first-order chi connectivity index (χ1) is 7.11. The van der Waals surface area contributed by atoms with Crippen LogP contribution in [0.2, 0.25) is 0 Å². The van der Waals surface area contributed by atoms with Gasteiger partial charge < -0.3 is 15.5 Å². The Kier molecular flexibility index (Phi) is 4.51. The highest BCUT2D eigenvalue weighted by atomic mass is 16.4. The Morgan fingerprint density at radius 2 is 1.87 bits per heavy atom. The lowest BCUT2D eigenvalue weighted by atomic mass is 10.2. The second kappa shape index (κ2) is 5.67. The number of hydrogen-bond donors (Lipinski definition) is 3. The number of fused-ring (bicyclic) bond motifs is 1. The van der Waals surface area contributed by atoms with Gasteiger partial charge in [-0.15, -0.1) is 0 Å². The molecule has 0 spiro atoms. The molecule has 1 atom stereocenters. The lowest BCUT2D eigenvalue weighted by molar-refractivity contribution is -0.159. The Morgan fingerprint density at radius 3 is 2.40 bits per heavy atom. The summed E-state index contributed by atoms with van der Waals surface area (Å²) in [6.45, 7) is 5.08. The fourth-order valence-electron chi connectivity index (χ4n) is 1.91. The minimum absolute atomic E-state index is 0.888. The van der Waals surface area contributed by atoms with Crippen LogP contribution >= 0.6 is 0 Å². The third kappa shape index (κ3) is 3.85. The van der Waals surface area contributed by atoms with E-state index < -0.39 is 11.9 Å². The van der Waals surface area contributed by atoms with Crippen LogP contribution in [0.5, 0.6) is 0 Å². The van der Waals surface area contributed by atoms with Crippen molar-refractivity contribution in [2.24, 2.45) is 0 Å². The molecule has 0 aromatic carbocycles. The number of carboxylic acids is 2. The fraction of sp³-hybridized carbons (Fsp3) is 0.778. The molecule has 2 aliphatic heterocycles. The van der Waals surface area contributed by atoms with Gasteiger partial charge >= 0.3 is 11.9 Å². The largest absolute Gasteiger partial charge is 0.473 e. The summed E-state index contributed by atoms with van der Waals surface area (Å²) in [5.74, 6) is -3.65. The minimum Gasteiger partial charge on any atom is -0.473 e. The number of rotatable bonds is 0. The van der Waals surface area contributed by atoms with Gasteiger partial charge in [-0.05, 0) is 19.4 Å². The van der Waals surface area contributed by atoms with E-state index in [0.717, 1.165) is 6.04 Å². The highest BCUT2D eigenvalue weighted by Crippen LogP contribution is 2.17. The molecule has 86 valence electrons. The molecule has 0 unspecified atom stereocenters. The molecule has 3 N–H and O–H groups in total. The zero-order chi connectivity index (χ0) is 11.3. The van der Waals surface area contributed by atoms with Crippen molar-refractivity contribution < 1.29 is 19.8 Å². The number of hydrogen-bond acceptors (Lipinski definition) is 4. The fourth-order valence-corrected chi connectivity index (χ4v) is 1.91. The van der Waals surface area contributed by atoms with Crippen molar-refractivity contribution in [3.05, 3.63) is 0 Å². The summed E-state index contributed by atoms with van der Waals surface area (Å²) in [6.07, 6.45) is 2.85. The predicted octanol–water partition coefficient (Wildman–Crippen LogP) is -0.790. The Hall–Kier alpha value is -1.14. The maximum atomic E-state index is 9.10. The minimum atomic E-state index is -1.82. The van der Waals surface area contributed by atoms with E-state index in [1.807, 2.05) is 0 Å². The number of carbonyl (C=O) groups is 2. The molecule has 0 aliphatic carbocycles. The highest BCUT2D eigenvalue weighted by molar-refractivity contribution is 6.27. The Bertz CT molecular complexity index is 220. The Labute approximate surface area is 87.9 Å². The summed E-state index contributed by atoms with van der Waals surface area (Å²) in [5.41, 5.74) is 0. The molecular weight excluding hydrogens is 200 g/mol. The molecule has 2 aliphatic rings. The van der Waals surface area contributed by atoms with E-state index >= 15 is 0 Å². The molecule has 0 saturated carbocycles. The molecule has 2 heterocycles. The molecule has 6 nitrogen and oxygen atoms in total. The van der Waals surface area contributed by atoms with Crippen LogP contribution in [-0.2, 0) is 9.59 Å². The molecule has 2 fully saturated rings. The van der Waals surface area contributed by atoms with E-state index in [1.54, 1.807) is 0 Å². The monoisotopic (exact) mass is 216 g/mol. The number of piperazine rings is 1. The zero-order valence-corrected chi connectivity index (χ0v) is 8.48. The smallest absolute Gasteiger partial charge is 0.414 e. The third-order valence-electron chi connectivity index (χ3n) is 2.64. The summed E-state index contributed by atoms with van der Waals surface area (Å²) < 4.78 is 0. The number of nitrogens with one attached hydrogen (secondary N) is 1. The van der Waals surface area contributed by atoms with E-state index in [-0.39, 0.29) is 0 Å². The maximum Gasteiger partial charge on any atom is 0.414 e. The van der Waals surface area contributed by atoms with Crippen LogP contribution < -0.4 is 5.32 Å². The maximum absolute atomic E-state index is 9.10. The topological polar surface area (TPSA) is 89.9 Å². The quantitative estimate of drug-likeness (QED) is 0.460. The van der Waals surface area contributed by atoms with E-state index in [4.69, 9.17) is 19.8 Å². The first kappa shape index (κ1) is 11.9. The SMILES string of the molecule is C1C[C@H]2CNCCN2C1.O=C(O)C(=O)O. The van der Waals surface area contributed by atoms with Crippen molar-refractivity contribution in [2.75, 3.05) is 26.2 Å². The van der Waals surface area contributed by atoms with Gasteiger partial charge in [-0.3, -0.25) is 4.90 Å².